The standard InChI is InChI=1S/C26H22N2O4/c29-25(30)24(14-17-13-16-7-1-6-12-23(16)27-17)28-26(31)32-15-22-20-10-4-2-8-18(20)19-9-3-5-11-21(19)22/h1-13,22,24,27H,14-15H2,(H,28,31)(H,29,30)/t24-/m0/s1. The summed E-state index contributed by atoms with van der Waals surface area (Å²) in [6, 6.07) is 24.6. The Hall–Kier alpha value is -4.06. The van der Waals surface area contributed by atoms with E-state index >= 15 is 0 Å². The minimum Gasteiger partial charge on any atom is -0.480 e. The highest BCUT2D eigenvalue weighted by molar-refractivity contribution is 5.83. The van der Waals surface area contributed by atoms with Crippen LogP contribution in [0, 0.1) is 0 Å². The van der Waals surface area contributed by atoms with Gasteiger partial charge in [-0.25, -0.2) is 9.59 Å². The molecule has 0 saturated carbocycles. The van der Waals surface area contributed by atoms with Crippen LogP contribution in [0.25, 0.3) is 22.0 Å². The van der Waals surface area contributed by atoms with Crippen LogP contribution in [-0.4, -0.2) is 34.8 Å². The van der Waals surface area contributed by atoms with Crippen LogP contribution in [0.2, 0.25) is 0 Å². The molecule has 0 spiro atoms. The number of alkyl carbamates (subject to hydrolysis) is 1. The molecule has 160 valence electrons. The van der Waals surface area contributed by atoms with Gasteiger partial charge in [0.2, 0.25) is 0 Å². The van der Waals surface area contributed by atoms with Gasteiger partial charge in [-0.05, 0) is 39.8 Å². The van der Waals surface area contributed by atoms with Crippen LogP contribution < -0.4 is 5.32 Å². The van der Waals surface area contributed by atoms with Crippen molar-refractivity contribution in [3.63, 3.8) is 0 Å². The number of rotatable bonds is 6. The van der Waals surface area contributed by atoms with Crippen molar-refractivity contribution >= 4 is 23.0 Å². The van der Waals surface area contributed by atoms with Gasteiger partial charge in [-0.2, -0.15) is 0 Å². The average molecular weight is 426 g/mol. The molecule has 0 saturated heterocycles. The summed E-state index contributed by atoms with van der Waals surface area (Å²) in [4.78, 5) is 27.4. The summed E-state index contributed by atoms with van der Waals surface area (Å²) < 4.78 is 5.49. The number of aliphatic carboxylic acids is 1. The first kappa shape index (κ1) is 19.9. The van der Waals surface area contributed by atoms with Crippen molar-refractivity contribution in [2.45, 2.75) is 18.4 Å². The van der Waals surface area contributed by atoms with Crippen LogP contribution in [-0.2, 0) is 16.0 Å². The highest BCUT2D eigenvalue weighted by Crippen LogP contribution is 2.44. The monoisotopic (exact) mass is 426 g/mol. The van der Waals surface area contributed by atoms with Crippen LogP contribution in [0.1, 0.15) is 22.7 Å². The molecule has 1 heterocycles. The van der Waals surface area contributed by atoms with Gasteiger partial charge in [-0.15, -0.1) is 0 Å². The fraction of sp³-hybridized carbons (Fsp3) is 0.154. The topological polar surface area (TPSA) is 91.4 Å². The lowest BCUT2D eigenvalue weighted by Crippen LogP contribution is -2.43. The number of hydrogen-bond donors (Lipinski definition) is 3. The number of fused-ring (bicyclic) bond motifs is 4. The Bertz CT molecular complexity index is 1230. The summed E-state index contributed by atoms with van der Waals surface area (Å²) in [6.07, 6.45) is -0.607. The lowest BCUT2D eigenvalue weighted by molar-refractivity contribution is -0.139. The van der Waals surface area contributed by atoms with E-state index in [9.17, 15) is 14.7 Å². The highest BCUT2D eigenvalue weighted by Gasteiger charge is 2.29. The minimum atomic E-state index is -1.11. The first-order chi connectivity index (χ1) is 15.6. The molecule has 0 bridgehead atoms. The molecule has 32 heavy (non-hydrogen) atoms. The number of aromatic amines is 1. The first-order valence-corrected chi connectivity index (χ1v) is 10.5. The third kappa shape index (κ3) is 3.71. The number of carbonyl (C=O) groups excluding carboxylic acids is 1. The Balaban J connectivity index is 1.27. The Labute approximate surface area is 184 Å². The SMILES string of the molecule is O=C(N[C@@H](Cc1cc2ccccc2[nH]1)C(=O)O)OCC1c2ccccc2-c2ccccc21. The molecular formula is C26H22N2O4. The number of benzene rings is 3. The summed E-state index contributed by atoms with van der Waals surface area (Å²) in [5.74, 6) is -1.19. The number of para-hydroxylation sites is 1. The fourth-order valence-electron chi connectivity index (χ4n) is 4.45. The first-order valence-electron chi connectivity index (χ1n) is 10.5. The van der Waals surface area contributed by atoms with Gasteiger partial charge >= 0.3 is 12.1 Å². The van der Waals surface area contributed by atoms with Crippen LogP contribution in [0.4, 0.5) is 4.79 Å². The summed E-state index contributed by atoms with van der Waals surface area (Å²) >= 11 is 0. The molecule has 0 aliphatic heterocycles. The molecule has 1 aromatic heterocycles. The summed E-state index contributed by atoms with van der Waals surface area (Å²) in [7, 11) is 0. The number of carboxylic acid groups (broad SMARTS) is 1. The second-order valence-corrected chi connectivity index (χ2v) is 7.95. The van der Waals surface area contributed by atoms with E-state index in [1.54, 1.807) is 0 Å². The predicted molar refractivity (Wildman–Crippen MR) is 122 cm³/mol. The highest BCUT2D eigenvalue weighted by atomic mass is 16.5. The van der Waals surface area contributed by atoms with Crippen molar-refractivity contribution in [1.29, 1.82) is 0 Å². The lowest BCUT2D eigenvalue weighted by Gasteiger charge is -2.17. The molecule has 4 aromatic rings. The number of carboxylic acids is 1. The van der Waals surface area contributed by atoms with E-state index in [-0.39, 0.29) is 18.9 Å². The van der Waals surface area contributed by atoms with E-state index in [4.69, 9.17) is 4.74 Å². The zero-order valence-corrected chi connectivity index (χ0v) is 17.2. The van der Waals surface area contributed by atoms with E-state index in [1.165, 1.54) is 0 Å². The molecule has 5 rings (SSSR count). The molecule has 6 heteroatoms. The molecule has 1 amide bonds. The molecule has 1 aliphatic rings. The summed E-state index contributed by atoms with van der Waals surface area (Å²) in [5.41, 5.74) is 6.15. The lowest BCUT2D eigenvalue weighted by atomic mass is 9.98. The van der Waals surface area contributed by atoms with E-state index in [2.05, 4.69) is 22.4 Å². The van der Waals surface area contributed by atoms with Crippen molar-refractivity contribution < 1.29 is 19.4 Å². The van der Waals surface area contributed by atoms with E-state index in [0.29, 0.717) is 0 Å². The van der Waals surface area contributed by atoms with Crippen molar-refractivity contribution in [2.75, 3.05) is 6.61 Å². The predicted octanol–water partition coefficient (Wildman–Crippen LogP) is 4.70. The van der Waals surface area contributed by atoms with Crippen LogP contribution in [0.15, 0.2) is 78.9 Å². The molecular weight excluding hydrogens is 404 g/mol. The smallest absolute Gasteiger partial charge is 0.407 e. The molecule has 0 radical (unpaired) electrons. The molecule has 1 aliphatic carbocycles. The van der Waals surface area contributed by atoms with E-state index in [0.717, 1.165) is 38.9 Å². The Morgan fingerprint density at radius 1 is 0.938 bits per heavy atom. The largest absolute Gasteiger partial charge is 0.480 e. The van der Waals surface area contributed by atoms with Crippen LogP contribution in [0.5, 0.6) is 0 Å². The zero-order valence-electron chi connectivity index (χ0n) is 17.2. The Morgan fingerprint density at radius 2 is 1.56 bits per heavy atom. The van der Waals surface area contributed by atoms with Gasteiger partial charge in [-0.1, -0.05) is 66.7 Å². The second kappa shape index (κ2) is 8.23. The maximum atomic E-state index is 12.5. The van der Waals surface area contributed by atoms with Crippen molar-refractivity contribution in [3.05, 3.63) is 95.7 Å². The molecule has 3 N–H and O–H groups in total. The van der Waals surface area contributed by atoms with Gasteiger partial charge in [0.25, 0.3) is 0 Å². The normalized spacial score (nSPS) is 13.4. The number of carbonyl (C=O) groups is 2. The summed E-state index contributed by atoms with van der Waals surface area (Å²) in [5, 5.41) is 13.1. The van der Waals surface area contributed by atoms with Crippen molar-refractivity contribution in [3.8, 4) is 11.1 Å². The number of nitrogens with one attached hydrogen (secondary N) is 2. The molecule has 6 nitrogen and oxygen atoms in total. The van der Waals surface area contributed by atoms with Gasteiger partial charge < -0.3 is 20.1 Å². The fourth-order valence-corrected chi connectivity index (χ4v) is 4.45. The van der Waals surface area contributed by atoms with Crippen LogP contribution in [0.3, 0.4) is 0 Å². The number of aromatic nitrogens is 1. The number of amides is 1. The third-order valence-corrected chi connectivity index (χ3v) is 5.94. The quantitative estimate of drug-likeness (QED) is 0.417. The van der Waals surface area contributed by atoms with E-state index in [1.807, 2.05) is 66.7 Å². The van der Waals surface area contributed by atoms with Gasteiger partial charge in [0.15, 0.2) is 0 Å². The number of ether oxygens (including phenoxy) is 1. The Morgan fingerprint density at radius 3 is 2.22 bits per heavy atom. The molecule has 0 unspecified atom stereocenters. The number of hydrogen-bond acceptors (Lipinski definition) is 3. The van der Waals surface area contributed by atoms with Gasteiger partial charge in [0.1, 0.15) is 12.6 Å². The van der Waals surface area contributed by atoms with Crippen molar-refractivity contribution in [1.82, 2.24) is 10.3 Å². The maximum Gasteiger partial charge on any atom is 0.407 e. The van der Waals surface area contributed by atoms with Crippen molar-refractivity contribution in [2.24, 2.45) is 0 Å². The number of H-pyrrole nitrogens is 1. The molecule has 3 aromatic carbocycles. The average Bonchev–Trinajstić information content (AvgIpc) is 3.35. The van der Waals surface area contributed by atoms with Gasteiger partial charge in [0.05, 0.1) is 0 Å². The van der Waals surface area contributed by atoms with Gasteiger partial charge in [-0.3, -0.25) is 0 Å². The molecule has 1 atom stereocenters. The van der Waals surface area contributed by atoms with E-state index < -0.39 is 18.1 Å². The zero-order chi connectivity index (χ0) is 22.1. The van der Waals surface area contributed by atoms with Gasteiger partial charge in [0, 0.05) is 23.5 Å². The summed E-state index contributed by atoms with van der Waals surface area (Å²) in [6.45, 7) is 0.137. The second-order valence-electron chi connectivity index (χ2n) is 7.95. The minimum absolute atomic E-state index is 0.0786. The molecule has 0 fully saturated rings. The van der Waals surface area contributed by atoms with Crippen LogP contribution >= 0.6 is 0 Å². The Kier molecular flexibility index (Phi) is 5.11. The third-order valence-electron chi connectivity index (χ3n) is 5.94. The maximum absolute atomic E-state index is 12.5.